The molecule has 0 saturated heterocycles. The van der Waals surface area contributed by atoms with Gasteiger partial charge in [-0.25, -0.2) is 0 Å². The fourth-order valence-corrected chi connectivity index (χ4v) is 3.25. The molecule has 0 spiro atoms. The molecule has 1 aliphatic carbocycles. The van der Waals surface area contributed by atoms with Crippen LogP contribution in [0.3, 0.4) is 0 Å². The smallest absolute Gasteiger partial charge is 0.133 e. The molecule has 1 saturated carbocycles. The summed E-state index contributed by atoms with van der Waals surface area (Å²) in [5, 5.41) is 9.28. The summed E-state index contributed by atoms with van der Waals surface area (Å²) in [6, 6.07) is 3.75. The molecule has 106 valence electrons. The van der Waals surface area contributed by atoms with Gasteiger partial charge in [-0.2, -0.15) is 0 Å². The van der Waals surface area contributed by atoms with Gasteiger partial charge in [-0.1, -0.05) is 39.0 Å². The minimum absolute atomic E-state index is 0.272. The van der Waals surface area contributed by atoms with Crippen LogP contribution >= 0.6 is 0 Å². The van der Waals surface area contributed by atoms with Crippen molar-refractivity contribution in [3.8, 4) is 5.75 Å². The lowest BCUT2D eigenvalue weighted by Gasteiger charge is -2.28. The molecular weight excluding hydrogens is 234 g/mol. The van der Waals surface area contributed by atoms with Crippen LogP contribution in [0.4, 0.5) is 0 Å². The lowest BCUT2D eigenvalue weighted by molar-refractivity contribution is 0.299. The highest BCUT2D eigenvalue weighted by Crippen LogP contribution is 2.37. The predicted octanol–water partition coefficient (Wildman–Crippen LogP) is 5.03. The highest BCUT2D eigenvalue weighted by Gasteiger charge is 2.22. The SMILES string of the molecule is CCCCCC[C@H]1CC[C@H](c2ccc(O)cn2)CC1. The first-order valence-electron chi connectivity index (χ1n) is 7.94. The van der Waals surface area contributed by atoms with E-state index in [9.17, 15) is 5.11 Å². The van der Waals surface area contributed by atoms with Gasteiger partial charge in [0.25, 0.3) is 0 Å². The molecule has 0 bridgehead atoms. The van der Waals surface area contributed by atoms with E-state index in [1.807, 2.05) is 6.07 Å². The highest BCUT2D eigenvalue weighted by molar-refractivity contribution is 5.20. The minimum atomic E-state index is 0.272. The van der Waals surface area contributed by atoms with Gasteiger partial charge in [0.1, 0.15) is 5.75 Å². The van der Waals surface area contributed by atoms with Crippen molar-refractivity contribution in [2.24, 2.45) is 5.92 Å². The molecule has 1 aliphatic rings. The number of nitrogens with zero attached hydrogens (tertiary/aromatic N) is 1. The van der Waals surface area contributed by atoms with Crippen molar-refractivity contribution in [3.63, 3.8) is 0 Å². The Balaban J connectivity index is 1.71. The number of unbranched alkanes of at least 4 members (excludes halogenated alkanes) is 3. The maximum atomic E-state index is 9.28. The molecule has 1 fully saturated rings. The molecule has 0 atom stereocenters. The first-order chi connectivity index (χ1) is 9.29. The molecule has 0 aliphatic heterocycles. The molecule has 2 nitrogen and oxygen atoms in total. The molecule has 1 aromatic rings. The van der Waals surface area contributed by atoms with Gasteiger partial charge in [-0.05, 0) is 43.7 Å². The van der Waals surface area contributed by atoms with Gasteiger partial charge < -0.3 is 5.11 Å². The average Bonchev–Trinajstić information content (AvgIpc) is 2.45. The summed E-state index contributed by atoms with van der Waals surface area (Å²) in [5.74, 6) is 1.84. The number of aromatic nitrogens is 1. The Morgan fingerprint density at radius 2 is 1.89 bits per heavy atom. The fourth-order valence-electron chi connectivity index (χ4n) is 3.25. The molecule has 19 heavy (non-hydrogen) atoms. The van der Waals surface area contributed by atoms with E-state index in [4.69, 9.17) is 0 Å². The Kier molecular flexibility index (Phi) is 5.68. The van der Waals surface area contributed by atoms with Crippen LogP contribution in [0, 0.1) is 5.92 Å². The standard InChI is InChI=1S/C17H27NO/c1-2-3-4-5-6-14-7-9-15(10-8-14)17-12-11-16(19)13-18-17/h11-15,19H,2-10H2,1H3/t14-,15-. The Bertz CT molecular complexity index is 352. The van der Waals surface area contributed by atoms with Gasteiger partial charge in [0.05, 0.1) is 6.20 Å². The Labute approximate surface area is 117 Å². The summed E-state index contributed by atoms with van der Waals surface area (Å²) in [4.78, 5) is 4.36. The van der Waals surface area contributed by atoms with Crippen molar-refractivity contribution in [2.75, 3.05) is 0 Å². The number of rotatable bonds is 6. The Morgan fingerprint density at radius 1 is 1.11 bits per heavy atom. The van der Waals surface area contributed by atoms with Gasteiger partial charge in [-0.3, -0.25) is 4.98 Å². The third-order valence-electron chi connectivity index (χ3n) is 4.50. The zero-order valence-electron chi connectivity index (χ0n) is 12.1. The van der Waals surface area contributed by atoms with Crippen molar-refractivity contribution in [2.45, 2.75) is 70.6 Å². The Hall–Kier alpha value is -1.05. The van der Waals surface area contributed by atoms with Crippen LogP contribution in [0.5, 0.6) is 5.75 Å². The lowest BCUT2D eigenvalue weighted by Crippen LogP contribution is -2.14. The second-order valence-electron chi connectivity index (χ2n) is 6.01. The van der Waals surface area contributed by atoms with Crippen molar-refractivity contribution in [3.05, 3.63) is 24.0 Å². The molecule has 1 N–H and O–H groups in total. The van der Waals surface area contributed by atoms with Crippen molar-refractivity contribution in [1.29, 1.82) is 0 Å². The molecule has 0 unspecified atom stereocenters. The second kappa shape index (κ2) is 7.52. The monoisotopic (exact) mass is 261 g/mol. The molecule has 1 aromatic heterocycles. The van der Waals surface area contributed by atoms with Crippen molar-refractivity contribution < 1.29 is 5.11 Å². The summed E-state index contributed by atoms with van der Waals surface area (Å²) >= 11 is 0. The summed E-state index contributed by atoms with van der Waals surface area (Å²) in [7, 11) is 0. The van der Waals surface area contributed by atoms with E-state index in [0.29, 0.717) is 5.92 Å². The van der Waals surface area contributed by atoms with E-state index in [-0.39, 0.29) is 5.75 Å². The minimum Gasteiger partial charge on any atom is -0.506 e. The lowest BCUT2D eigenvalue weighted by atomic mass is 9.78. The van der Waals surface area contributed by atoms with Crippen LogP contribution in [0.2, 0.25) is 0 Å². The van der Waals surface area contributed by atoms with Gasteiger partial charge in [0, 0.05) is 11.6 Å². The molecule has 0 amide bonds. The van der Waals surface area contributed by atoms with Crippen LogP contribution in [0.15, 0.2) is 18.3 Å². The fraction of sp³-hybridized carbons (Fsp3) is 0.706. The number of pyridine rings is 1. The highest BCUT2D eigenvalue weighted by atomic mass is 16.3. The van der Waals surface area contributed by atoms with E-state index >= 15 is 0 Å². The summed E-state index contributed by atoms with van der Waals surface area (Å²) in [6.07, 6.45) is 13.8. The molecule has 0 radical (unpaired) electrons. The van der Waals surface area contributed by atoms with Gasteiger partial charge >= 0.3 is 0 Å². The Morgan fingerprint density at radius 3 is 2.53 bits per heavy atom. The maximum absolute atomic E-state index is 9.28. The summed E-state index contributed by atoms with van der Waals surface area (Å²) < 4.78 is 0. The van der Waals surface area contributed by atoms with E-state index in [1.165, 1.54) is 63.5 Å². The summed E-state index contributed by atoms with van der Waals surface area (Å²) in [5.41, 5.74) is 1.17. The van der Waals surface area contributed by atoms with Crippen molar-refractivity contribution in [1.82, 2.24) is 4.98 Å². The van der Waals surface area contributed by atoms with Crippen LogP contribution < -0.4 is 0 Å². The quantitative estimate of drug-likeness (QED) is 0.728. The number of hydrogen-bond acceptors (Lipinski definition) is 2. The third kappa shape index (κ3) is 4.52. The van der Waals surface area contributed by atoms with E-state index < -0.39 is 0 Å². The van der Waals surface area contributed by atoms with Crippen LogP contribution in [-0.2, 0) is 0 Å². The third-order valence-corrected chi connectivity index (χ3v) is 4.50. The molecular formula is C17H27NO. The van der Waals surface area contributed by atoms with Gasteiger partial charge in [0.15, 0.2) is 0 Å². The van der Waals surface area contributed by atoms with E-state index in [2.05, 4.69) is 11.9 Å². The predicted molar refractivity (Wildman–Crippen MR) is 79.4 cm³/mol. The van der Waals surface area contributed by atoms with Gasteiger partial charge in [0.2, 0.25) is 0 Å². The maximum Gasteiger partial charge on any atom is 0.133 e. The first-order valence-corrected chi connectivity index (χ1v) is 7.94. The zero-order valence-corrected chi connectivity index (χ0v) is 12.1. The largest absolute Gasteiger partial charge is 0.506 e. The van der Waals surface area contributed by atoms with Crippen LogP contribution in [-0.4, -0.2) is 10.1 Å². The van der Waals surface area contributed by atoms with E-state index in [1.54, 1.807) is 12.3 Å². The first kappa shape index (κ1) is 14.4. The average molecular weight is 261 g/mol. The molecule has 0 aromatic carbocycles. The normalized spacial score (nSPS) is 23.4. The number of hydrogen-bond donors (Lipinski definition) is 1. The van der Waals surface area contributed by atoms with Crippen LogP contribution in [0.1, 0.15) is 76.3 Å². The van der Waals surface area contributed by atoms with E-state index in [0.717, 1.165) is 5.92 Å². The van der Waals surface area contributed by atoms with Gasteiger partial charge in [-0.15, -0.1) is 0 Å². The second-order valence-corrected chi connectivity index (χ2v) is 6.01. The molecule has 2 rings (SSSR count). The van der Waals surface area contributed by atoms with Crippen molar-refractivity contribution >= 4 is 0 Å². The summed E-state index contributed by atoms with van der Waals surface area (Å²) in [6.45, 7) is 2.27. The number of aromatic hydroxyl groups is 1. The molecule has 1 heterocycles. The zero-order chi connectivity index (χ0) is 13.5. The topological polar surface area (TPSA) is 33.1 Å². The van der Waals surface area contributed by atoms with Crippen LogP contribution in [0.25, 0.3) is 0 Å². The molecule has 2 heteroatoms.